The number of hydrogen-bond donors (Lipinski definition) is 1. The number of nitro benzene ring substituents is 1. The number of halogens is 1. The van der Waals surface area contributed by atoms with E-state index in [0.29, 0.717) is 16.9 Å². The average molecular weight is 447 g/mol. The molecule has 1 heterocycles. The number of thiazole rings is 1. The van der Waals surface area contributed by atoms with E-state index in [1.807, 2.05) is 29.0 Å². The van der Waals surface area contributed by atoms with E-state index in [0.717, 1.165) is 15.7 Å². The highest BCUT2D eigenvalue weighted by Gasteiger charge is 2.12. The zero-order chi connectivity index (χ0) is 19.4. The molecule has 0 spiro atoms. The van der Waals surface area contributed by atoms with Crippen LogP contribution in [0.3, 0.4) is 0 Å². The molecular weight excluding hydrogens is 432 g/mol. The highest BCUT2D eigenvalue weighted by Crippen LogP contribution is 2.24. The molecule has 9 heteroatoms. The van der Waals surface area contributed by atoms with Crippen molar-refractivity contribution in [3.8, 4) is 11.3 Å². The minimum atomic E-state index is -0.421. The average Bonchev–Trinajstić information content (AvgIpc) is 3.09. The molecule has 2 aromatic carbocycles. The van der Waals surface area contributed by atoms with Crippen LogP contribution < -0.4 is 10.2 Å². The van der Waals surface area contributed by atoms with Crippen LogP contribution in [-0.2, 0) is 6.54 Å². The summed E-state index contributed by atoms with van der Waals surface area (Å²) in [5.41, 5.74) is 4.61. The maximum Gasteiger partial charge on any atom is 0.271 e. The van der Waals surface area contributed by atoms with E-state index in [4.69, 9.17) is 0 Å². The zero-order valence-corrected chi connectivity index (χ0v) is 16.7. The molecule has 1 aromatic heterocycles. The Hall–Kier alpha value is -2.78. The van der Waals surface area contributed by atoms with Gasteiger partial charge in [0, 0.05) is 39.7 Å². The lowest BCUT2D eigenvalue weighted by molar-refractivity contribution is -0.384. The molecule has 0 aliphatic rings. The molecule has 0 unspecified atom stereocenters. The molecule has 0 bridgehead atoms. The van der Waals surface area contributed by atoms with E-state index in [-0.39, 0.29) is 11.6 Å². The van der Waals surface area contributed by atoms with Crippen molar-refractivity contribution >= 4 is 38.9 Å². The molecule has 3 aromatic rings. The number of nitrogens with zero attached hydrogens (tertiary/aromatic N) is 3. The van der Waals surface area contributed by atoms with Crippen LogP contribution in [0.2, 0.25) is 0 Å². The van der Waals surface area contributed by atoms with Crippen LogP contribution in [-0.4, -0.2) is 15.4 Å². The third kappa shape index (κ3) is 4.32. The lowest BCUT2D eigenvalue weighted by atomic mass is 10.1. The summed E-state index contributed by atoms with van der Waals surface area (Å²) in [5.74, 6) is -0.316. The summed E-state index contributed by atoms with van der Waals surface area (Å²) < 4.78 is 2.70. The van der Waals surface area contributed by atoms with E-state index < -0.39 is 4.92 Å². The van der Waals surface area contributed by atoms with Crippen LogP contribution in [0, 0.1) is 10.1 Å². The van der Waals surface area contributed by atoms with Gasteiger partial charge in [-0.1, -0.05) is 34.1 Å². The van der Waals surface area contributed by atoms with E-state index in [9.17, 15) is 14.9 Å². The van der Waals surface area contributed by atoms with Crippen molar-refractivity contribution in [1.29, 1.82) is 0 Å². The second kappa shape index (κ2) is 8.28. The predicted molar refractivity (Wildman–Crippen MR) is 107 cm³/mol. The maximum atomic E-state index is 12.3. The number of carbonyl (C=O) groups excluding carboxylic acids is 1. The Balaban J connectivity index is 1.92. The van der Waals surface area contributed by atoms with Crippen molar-refractivity contribution in [2.24, 2.45) is 5.10 Å². The SMILES string of the molecule is CCn1c(-c2cccc([N+](=O)[O-])c2)cs/c1=N\NC(=O)c1cccc(Br)c1. The molecule has 0 saturated heterocycles. The Morgan fingerprint density at radius 1 is 1.30 bits per heavy atom. The monoisotopic (exact) mass is 446 g/mol. The molecule has 1 amide bonds. The Bertz CT molecular complexity index is 1070. The van der Waals surface area contributed by atoms with Gasteiger partial charge in [-0.15, -0.1) is 16.4 Å². The Morgan fingerprint density at radius 2 is 2.07 bits per heavy atom. The summed E-state index contributed by atoms with van der Waals surface area (Å²) in [6.45, 7) is 2.55. The van der Waals surface area contributed by atoms with Crippen molar-refractivity contribution in [1.82, 2.24) is 9.99 Å². The van der Waals surface area contributed by atoms with Crippen molar-refractivity contribution in [3.05, 3.63) is 78.9 Å². The normalized spacial score (nSPS) is 11.4. The first-order chi connectivity index (χ1) is 13.0. The summed E-state index contributed by atoms with van der Waals surface area (Å²) in [7, 11) is 0. The molecule has 27 heavy (non-hydrogen) atoms. The molecule has 0 radical (unpaired) electrons. The Kier molecular flexibility index (Phi) is 5.82. The van der Waals surface area contributed by atoms with Gasteiger partial charge in [-0.3, -0.25) is 14.9 Å². The van der Waals surface area contributed by atoms with Crippen LogP contribution in [0.25, 0.3) is 11.3 Å². The minimum absolute atomic E-state index is 0.0304. The number of nitro groups is 1. The molecule has 1 N–H and O–H groups in total. The molecular formula is C18H15BrN4O3S. The van der Waals surface area contributed by atoms with Gasteiger partial charge in [0.05, 0.1) is 10.6 Å². The predicted octanol–water partition coefficient (Wildman–Crippen LogP) is 4.15. The number of hydrogen-bond acceptors (Lipinski definition) is 5. The fourth-order valence-electron chi connectivity index (χ4n) is 2.53. The van der Waals surface area contributed by atoms with Crippen molar-refractivity contribution in [3.63, 3.8) is 0 Å². The second-order valence-electron chi connectivity index (χ2n) is 5.52. The van der Waals surface area contributed by atoms with Gasteiger partial charge in [-0.2, -0.15) is 0 Å². The first-order valence-corrected chi connectivity index (χ1v) is 9.69. The summed E-state index contributed by atoms with van der Waals surface area (Å²) in [6, 6.07) is 13.5. The van der Waals surface area contributed by atoms with Gasteiger partial charge in [-0.05, 0) is 25.1 Å². The van der Waals surface area contributed by atoms with E-state index in [1.165, 1.54) is 23.5 Å². The van der Waals surface area contributed by atoms with E-state index >= 15 is 0 Å². The lowest BCUT2D eigenvalue weighted by Gasteiger charge is -2.06. The van der Waals surface area contributed by atoms with Crippen LogP contribution in [0.4, 0.5) is 5.69 Å². The molecule has 0 aliphatic heterocycles. The van der Waals surface area contributed by atoms with Gasteiger partial charge in [-0.25, -0.2) is 5.43 Å². The number of carbonyl (C=O) groups is 1. The van der Waals surface area contributed by atoms with Crippen LogP contribution in [0.15, 0.2) is 63.5 Å². The standard InChI is InChI=1S/C18H15BrN4O3S/c1-2-22-16(12-5-4-8-15(10-12)23(25)26)11-27-18(22)21-20-17(24)13-6-3-7-14(19)9-13/h3-11H,2H2,1H3,(H,20,24)/b21-18-. The van der Waals surface area contributed by atoms with Crippen molar-refractivity contribution < 1.29 is 9.72 Å². The van der Waals surface area contributed by atoms with Gasteiger partial charge >= 0.3 is 0 Å². The van der Waals surface area contributed by atoms with E-state index in [2.05, 4.69) is 26.5 Å². The van der Waals surface area contributed by atoms with Gasteiger partial charge < -0.3 is 4.57 Å². The third-order valence-electron chi connectivity index (χ3n) is 3.81. The molecule has 0 saturated carbocycles. The molecule has 0 atom stereocenters. The van der Waals surface area contributed by atoms with Gasteiger partial charge in [0.2, 0.25) is 4.80 Å². The molecule has 138 valence electrons. The molecule has 0 fully saturated rings. The highest BCUT2D eigenvalue weighted by molar-refractivity contribution is 9.10. The van der Waals surface area contributed by atoms with Crippen LogP contribution >= 0.6 is 27.3 Å². The summed E-state index contributed by atoms with van der Waals surface area (Å²) in [4.78, 5) is 23.5. The third-order valence-corrected chi connectivity index (χ3v) is 5.16. The number of aromatic nitrogens is 1. The maximum absolute atomic E-state index is 12.3. The lowest BCUT2D eigenvalue weighted by Crippen LogP contribution is -2.24. The number of amides is 1. The second-order valence-corrected chi connectivity index (χ2v) is 7.27. The highest BCUT2D eigenvalue weighted by atomic mass is 79.9. The first kappa shape index (κ1) is 19.0. The van der Waals surface area contributed by atoms with Crippen LogP contribution in [0.5, 0.6) is 0 Å². The minimum Gasteiger partial charge on any atom is -0.315 e. The Morgan fingerprint density at radius 3 is 2.78 bits per heavy atom. The largest absolute Gasteiger partial charge is 0.315 e. The number of nitrogens with one attached hydrogen (secondary N) is 1. The van der Waals surface area contributed by atoms with Gasteiger partial charge in [0.1, 0.15) is 0 Å². The quantitative estimate of drug-likeness (QED) is 0.471. The molecule has 3 rings (SSSR count). The van der Waals surface area contributed by atoms with Gasteiger partial charge in [0.15, 0.2) is 0 Å². The topological polar surface area (TPSA) is 89.5 Å². The first-order valence-electron chi connectivity index (χ1n) is 8.02. The molecule has 7 nitrogen and oxygen atoms in total. The Labute approximate surface area is 167 Å². The zero-order valence-electron chi connectivity index (χ0n) is 14.3. The fraction of sp³-hybridized carbons (Fsp3) is 0.111. The number of rotatable bonds is 5. The summed E-state index contributed by atoms with van der Waals surface area (Å²) >= 11 is 4.69. The van der Waals surface area contributed by atoms with Crippen molar-refractivity contribution in [2.45, 2.75) is 13.5 Å². The summed E-state index contributed by atoms with van der Waals surface area (Å²) in [5, 5.41) is 17.1. The van der Waals surface area contributed by atoms with E-state index in [1.54, 1.807) is 24.3 Å². The number of non-ortho nitro benzene ring substituents is 1. The number of benzene rings is 2. The summed E-state index contributed by atoms with van der Waals surface area (Å²) in [6.07, 6.45) is 0. The van der Waals surface area contributed by atoms with Gasteiger partial charge in [0.25, 0.3) is 11.6 Å². The smallest absolute Gasteiger partial charge is 0.271 e. The van der Waals surface area contributed by atoms with Crippen LogP contribution in [0.1, 0.15) is 17.3 Å². The van der Waals surface area contributed by atoms with Crippen molar-refractivity contribution in [2.75, 3.05) is 0 Å². The molecule has 0 aliphatic carbocycles. The fourth-order valence-corrected chi connectivity index (χ4v) is 3.86.